The number of oxazole rings is 1. The molecule has 0 spiro atoms. The summed E-state index contributed by atoms with van der Waals surface area (Å²) in [5, 5.41) is 9.47. The van der Waals surface area contributed by atoms with Crippen LogP contribution in [-0.4, -0.2) is 24.3 Å². The van der Waals surface area contributed by atoms with E-state index >= 15 is 0 Å². The van der Waals surface area contributed by atoms with Crippen LogP contribution in [0.25, 0.3) is 11.5 Å². The molecule has 0 fully saturated rings. The molecule has 1 aromatic heterocycles. The van der Waals surface area contributed by atoms with Gasteiger partial charge >= 0.3 is 0 Å². The summed E-state index contributed by atoms with van der Waals surface area (Å²) in [5.74, 6) is 1.33. The summed E-state index contributed by atoms with van der Waals surface area (Å²) >= 11 is 0. The smallest absolute Gasteiger partial charge is 0.233 e. The third-order valence-electron chi connectivity index (χ3n) is 2.14. The van der Waals surface area contributed by atoms with Gasteiger partial charge in [0.15, 0.2) is 0 Å². The fourth-order valence-corrected chi connectivity index (χ4v) is 1.46. The van der Waals surface area contributed by atoms with E-state index in [2.05, 4.69) is 4.98 Å². The minimum absolute atomic E-state index is 0.0593. The van der Waals surface area contributed by atoms with Gasteiger partial charge in [-0.2, -0.15) is 0 Å². The number of ether oxygens (including phenoxy) is 2. The summed E-state index contributed by atoms with van der Waals surface area (Å²) in [4.78, 5) is 4.03. The maximum atomic E-state index is 9.47. The van der Waals surface area contributed by atoms with E-state index < -0.39 is 0 Å². The van der Waals surface area contributed by atoms with E-state index in [-0.39, 0.29) is 5.75 Å². The first kappa shape index (κ1) is 10.4. The molecular weight excluding hydrogens is 210 g/mol. The van der Waals surface area contributed by atoms with Gasteiger partial charge in [0.05, 0.1) is 20.4 Å². The predicted molar refractivity (Wildman–Crippen MR) is 56.7 cm³/mol. The van der Waals surface area contributed by atoms with Crippen LogP contribution in [-0.2, 0) is 0 Å². The zero-order valence-corrected chi connectivity index (χ0v) is 8.93. The average Bonchev–Trinajstić information content (AvgIpc) is 2.80. The molecule has 0 aliphatic heterocycles. The van der Waals surface area contributed by atoms with Crippen molar-refractivity contribution in [3.05, 3.63) is 24.6 Å². The SMILES string of the molecule is COc1cc(O)cc(OC)c1-c1ncco1. The molecule has 0 radical (unpaired) electrons. The monoisotopic (exact) mass is 221 g/mol. The number of hydrogen-bond acceptors (Lipinski definition) is 5. The van der Waals surface area contributed by atoms with E-state index in [1.807, 2.05) is 0 Å². The first-order valence-corrected chi connectivity index (χ1v) is 4.61. The zero-order chi connectivity index (χ0) is 11.5. The minimum Gasteiger partial charge on any atom is -0.508 e. The number of aromatic nitrogens is 1. The van der Waals surface area contributed by atoms with Crippen LogP contribution in [0.5, 0.6) is 17.2 Å². The van der Waals surface area contributed by atoms with Gasteiger partial charge in [0, 0.05) is 12.1 Å². The Hall–Kier alpha value is -2.17. The summed E-state index contributed by atoms with van der Waals surface area (Å²) in [5.41, 5.74) is 0.577. The predicted octanol–water partition coefficient (Wildman–Crippen LogP) is 2.06. The van der Waals surface area contributed by atoms with Crippen LogP contribution < -0.4 is 9.47 Å². The molecule has 1 heterocycles. The number of methoxy groups -OCH3 is 2. The molecular formula is C11H11NO4. The van der Waals surface area contributed by atoms with Crippen molar-refractivity contribution in [2.24, 2.45) is 0 Å². The standard InChI is InChI=1S/C11H11NO4/c1-14-8-5-7(13)6-9(15-2)10(8)11-12-3-4-16-11/h3-6,13H,1-2H3. The fraction of sp³-hybridized carbons (Fsp3) is 0.182. The first-order valence-electron chi connectivity index (χ1n) is 4.61. The van der Waals surface area contributed by atoms with Crippen LogP contribution in [0, 0.1) is 0 Å². The fourth-order valence-electron chi connectivity index (χ4n) is 1.46. The molecule has 84 valence electrons. The molecule has 2 rings (SSSR count). The highest BCUT2D eigenvalue weighted by atomic mass is 16.5. The highest BCUT2D eigenvalue weighted by Crippen LogP contribution is 2.40. The molecule has 0 saturated heterocycles. The largest absolute Gasteiger partial charge is 0.508 e. The normalized spacial score (nSPS) is 10.1. The van der Waals surface area contributed by atoms with E-state index in [1.165, 1.54) is 38.8 Å². The van der Waals surface area contributed by atoms with E-state index in [4.69, 9.17) is 13.9 Å². The summed E-state index contributed by atoms with van der Waals surface area (Å²) in [6, 6.07) is 2.95. The zero-order valence-electron chi connectivity index (χ0n) is 8.93. The Bertz CT molecular complexity index is 454. The molecule has 0 amide bonds. The molecule has 0 aliphatic carbocycles. The second kappa shape index (κ2) is 4.14. The maximum absolute atomic E-state index is 9.47. The van der Waals surface area contributed by atoms with Crippen LogP contribution in [0.2, 0.25) is 0 Å². The molecule has 0 saturated carbocycles. The maximum Gasteiger partial charge on any atom is 0.233 e. The van der Waals surface area contributed by atoms with Crippen LogP contribution in [0.3, 0.4) is 0 Å². The summed E-state index contributed by atoms with van der Waals surface area (Å²) < 4.78 is 15.5. The van der Waals surface area contributed by atoms with Crippen molar-refractivity contribution in [1.82, 2.24) is 4.98 Å². The number of nitrogens with zero attached hydrogens (tertiary/aromatic N) is 1. The van der Waals surface area contributed by atoms with Gasteiger partial charge < -0.3 is 19.0 Å². The Balaban J connectivity index is 2.65. The van der Waals surface area contributed by atoms with Crippen molar-refractivity contribution < 1.29 is 19.0 Å². The average molecular weight is 221 g/mol. The topological polar surface area (TPSA) is 64.7 Å². The van der Waals surface area contributed by atoms with Gasteiger partial charge in [-0.25, -0.2) is 4.98 Å². The van der Waals surface area contributed by atoms with Crippen molar-refractivity contribution >= 4 is 0 Å². The molecule has 0 atom stereocenters. The highest BCUT2D eigenvalue weighted by Gasteiger charge is 2.17. The van der Waals surface area contributed by atoms with E-state index in [9.17, 15) is 5.11 Å². The number of benzene rings is 1. The summed E-state index contributed by atoms with van der Waals surface area (Å²) in [7, 11) is 3.00. The van der Waals surface area contributed by atoms with Crippen LogP contribution >= 0.6 is 0 Å². The summed E-state index contributed by atoms with van der Waals surface area (Å²) in [6.45, 7) is 0. The molecule has 1 N–H and O–H groups in total. The van der Waals surface area contributed by atoms with Crippen LogP contribution in [0.15, 0.2) is 29.0 Å². The second-order valence-corrected chi connectivity index (χ2v) is 3.06. The van der Waals surface area contributed by atoms with Crippen LogP contribution in [0.1, 0.15) is 0 Å². The Kier molecular flexibility index (Phi) is 2.68. The van der Waals surface area contributed by atoms with Crippen LogP contribution in [0.4, 0.5) is 0 Å². The van der Waals surface area contributed by atoms with Gasteiger partial charge in [-0.3, -0.25) is 0 Å². The Morgan fingerprint density at radius 1 is 1.19 bits per heavy atom. The molecule has 5 heteroatoms. The molecule has 0 aliphatic rings. The van der Waals surface area contributed by atoms with E-state index in [0.29, 0.717) is 23.0 Å². The Morgan fingerprint density at radius 2 is 1.81 bits per heavy atom. The first-order chi connectivity index (χ1) is 7.76. The third-order valence-corrected chi connectivity index (χ3v) is 2.14. The van der Waals surface area contributed by atoms with Gasteiger partial charge in [0.25, 0.3) is 0 Å². The van der Waals surface area contributed by atoms with Gasteiger partial charge in [0.1, 0.15) is 29.1 Å². The number of hydrogen-bond donors (Lipinski definition) is 1. The molecule has 16 heavy (non-hydrogen) atoms. The number of rotatable bonds is 3. The summed E-state index contributed by atoms with van der Waals surface area (Å²) in [6.07, 6.45) is 2.99. The number of aromatic hydroxyl groups is 1. The Labute approximate surface area is 92.3 Å². The lowest BCUT2D eigenvalue weighted by atomic mass is 10.1. The van der Waals surface area contributed by atoms with Crippen molar-refractivity contribution in [3.8, 4) is 28.7 Å². The number of phenolic OH excluding ortho intramolecular Hbond substituents is 1. The van der Waals surface area contributed by atoms with Gasteiger partial charge in [-0.1, -0.05) is 0 Å². The van der Waals surface area contributed by atoms with E-state index in [0.717, 1.165) is 0 Å². The third kappa shape index (κ3) is 1.67. The van der Waals surface area contributed by atoms with Crippen molar-refractivity contribution in [2.75, 3.05) is 14.2 Å². The van der Waals surface area contributed by atoms with Crippen molar-refractivity contribution in [2.45, 2.75) is 0 Å². The number of phenols is 1. The van der Waals surface area contributed by atoms with Gasteiger partial charge in [-0.15, -0.1) is 0 Å². The lowest BCUT2D eigenvalue weighted by Gasteiger charge is -2.10. The molecule has 1 aromatic carbocycles. The van der Waals surface area contributed by atoms with E-state index in [1.54, 1.807) is 0 Å². The quantitative estimate of drug-likeness (QED) is 0.859. The van der Waals surface area contributed by atoms with Crippen molar-refractivity contribution in [1.29, 1.82) is 0 Å². The minimum atomic E-state index is 0.0593. The molecule has 2 aromatic rings. The lowest BCUT2D eigenvalue weighted by molar-refractivity contribution is 0.385. The van der Waals surface area contributed by atoms with Gasteiger partial charge in [0.2, 0.25) is 5.89 Å². The molecule has 0 bridgehead atoms. The highest BCUT2D eigenvalue weighted by molar-refractivity contribution is 5.72. The lowest BCUT2D eigenvalue weighted by Crippen LogP contribution is -1.93. The Morgan fingerprint density at radius 3 is 2.25 bits per heavy atom. The molecule has 0 unspecified atom stereocenters. The second-order valence-electron chi connectivity index (χ2n) is 3.06. The van der Waals surface area contributed by atoms with Crippen molar-refractivity contribution in [3.63, 3.8) is 0 Å². The molecule has 5 nitrogen and oxygen atoms in total. The van der Waals surface area contributed by atoms with Gasteiger partial charge in [-0.05, 0) is 0 Å².